The number of pyridine rings is 1. The second-order valence-corrected chi connectivity index (χ2v) is 6.36. The summed E-state index contributed by atoms with van der Waals surface area (Å²) in [6.45, 7) is 7.02. The van der Waals surface area contributed by atoms with Crippen molar-refractivity contribution in [3.63, 3.8) is 0 Å². The van der Waals surface area contributed by atoms with E-state index in [4.69, 9.17) is 15.2 Å². The molecule has 0 aliphatic carbocycles. The number of nitrogens with zero attached hydrogens (tertiary/aromatic N) is 2. The summed E-state index contributed by atoms with van der Waals surface area (Å²) in [5, 5.41) is 2.89. The number of nitrogens with two attached hydrogens (primary N) is 1. The smallest absolute Gasteiger partial charge is 0.407 e. The van der Waals surface area contributed by atoms with E-state index in [9.17, 15) is 4.79 Å². The Morgan fingerprint density at radius 1 is 1.50 bits per heavy atom. The van der Waals surface area contributed by atoms with Gasteiger partial charge in [-0.3, -0.25) is 0 Å². The molecule has 1 fully saturated rings. The minimum atomic E-state index is -0.492. The zero-order valence-electron chi connectivity index (χ0n) is 13.5. The van der Waals surface area contributed by atoms with Crippen molar-refractivity contribution in [3.05, 3.63) is 12.3 Å². The number of hydrogen-bond donors (Lipinski definition) is 2. The number of aromatic nitrogens is 1. The normalized spacial score (nSPS) is 18.2. The number of ether oxygens (including phenoxy) is 2. The van der Waals surface area contributed by atoms with Crippen LogP contribution in [0.2, 0.25) is 0 Å². The van der Waals surface area contributed by atoms with Crippen molar-refractivity contribution in [2.24, 2.45) is 0 Å². The van der Waals surface area contributed by atoms with Gasteiger partial charge < -0.3 is 25.4 Å². The molecular weight excluding hydrogens is 284 g/mol. The van der Waals surface area contributed by atoms with E-state index >= 15 is 0 Å². The Bertz CT molecular complexity index is 542. The second-order valence-electron chi connectivity index (χ2n) is 6.36. The van der Waals surface area contributed by atoms with E-state index in [2.05, 4.69) is 15.2 Å². The Hall–Kier alpha value is -2.18. The summed E-state index contributed by atoms with van der Waals surface area (Å²) in [6, 6.07) is 1.85. The van der Waals surface area contributed by atoms with Gasteiger partial charge in [0.05, 0.1) is 25.0 Å². The molecule has 0 radical (unpaired) electrons. The molecule has 0 aromatic carbocycles. The first kappa shape index (κ1) is 16.2. The Morgan fingerprint density at radius 3 is 2.86 bits per heavy atom. The molecule has 1 saturated heterocycles. The predicted molar refractivity (Wildman–Crippen MR) is 85.2 cm³/mol. The highest BCUT2D eigenvalue weighted by molar-refractivity contribution is 5.68. The van der Waals surface area contributed by atoms with Gasteiger partial charge in [-0.15, -0.1) is 0 Å². The van der Waals surface area contributed by atoms with Crippen LogP contribution >= 0.6 is 0 Å². The van der Waals surface area contributed by atoms with Crippen LogP contribution in [-0.4, -0.2) is 42.9 Å². The molecule has 2 rings (SSSR count). The third kappa shape index (κ3) is 4.16. The fourth-order valence-electron chi connectivity index (χ4n) is 2.35. The summed E-state index contributed by atoms with van der Waals surface area (Å²) < 4.78 is 10.5. The lowest BCUT2D eigenvalue weighted by Gasteiger charge is -2.22. The van der Waals surface area contributed by atoms with Gasteiger partial charge in [0.1, 0.15) is 17.2 Å². The van der Waals surface area contributed by atoms with Crippen LogP contribution in [0.25, 0.3) is 0 Å². The summed E-state index contributed by atoms with van der Waals surface area (Å²) in [7, 11) is 1.58. The third-order valence-corrected chi connectivity index (χ3v) is 3.33. The number of anilines is 2. The number of rotatable bonds is 3. The van der Waals surface area contributed by atoms with Crippen molar-refractivity contribution in [2.75, 3.05) is 30.8 Å². The molecule has 22 heavy (non-hydrogen) atoms. The SMILES string of the molecule is COc1cc(N2CC[C@H](NC(=O)OC(C)(C)C)C2)ncc1N. The summed E-state index contributed by atoms with van der Waals surface area (Å²) in [4.78, 5) is 18.2. The molecule has 122 valence electrons. The van der Waals surface area contributed by atoms with Crippen LogP contribution in [0.4, 0.5) is 16.3 Å². The molecule has 2 heterocycles. The van der Waals surface area contributed by atoms with Crippen LogP contribution in [0.15, 0.2) is 12.3 Å². The second kappa shape index (κ2) is 6.29. The molecule has 0 bridgehead atoms. The van der Waals surface area contributed by atoms with E-state index in [1.807, 2.05) is 26.8 Å². The average Bonchev–Trinajstić information content (AvgIpc) is 2.85. The maximum absolute atomic E-state index is 11.8. The van der Waals surface area contributed by atoms with Crippen LogP contribution < -0.4 is 20.7 Å². The number of methoxy groups -OCH3 is 1. The molecule has 7 heteroatoms. The summed E-state index contributed by atoms with van der Waals surface area (Å²) in [5.74, 6) is 1.40. The topological polar surface area (TPSA) is 89.7 Å². The first-order valence-corrected chi connectivity index (χ1v) is 7.32. The van der Waals surface area contributed by atoms with Crippen LogP contribution in [-0.2, 0) is 4.74 Å². The van der Waals surface area contributed by atoms with Gasteiger partial charge in [0, 0.05) is 19.2 Å². The van der Waals surface area contributed by atoms with E-state index in [-0.39, 0.29) is 12.1 Å². The molecule has 0 spiro atoms. The van der Waals surface area contributed by atoms with E-state index in [1.165, 1.54) is 0 Å². The number of alkyl carbamates (subject to hydrolysis) is 1. The van der Waals surface area contributed by atoms with E-state index in [0.717, 1.165) is 18.8 Å². The summed E-state index contributed by atoms with van der Waals surface area (Å²) >= 11 is 0. The molecule has 1 amide bonds. The minimum absolute atomic E-state index is 0.0418. The van der Waals surface area contributed by atoms with Crippen LogP contribution in [0.5, 0.6) is 5.75 Å². The first-order chi connectivity index (χ1) is 10.3. The van der Waals surface area contributed by atoms with Gasteiger partial charge in [-0.1, -0.05) is 0 Å². The number of hydrogen-bond acceptors (Lipinski definition) is 6. The highest BCUT2D eigenvalue weighted by Crippen LogP contribution is 2.27. The van der Waals surface area contributed by atoms with Gasteiger partial charge in [-0.25, -0.2) is 9.78 Å². The van der Waals surface area contributed by atoms with Gasteiger partial charge in [-0.05, 0) is 27.2 Å². The maximum atomic E-state index is 11.8. The number of nitrogens with one attached hydrogen (secondary N) is 1. The molecule has 0 unspecified atom stereocenters. The predicted octanol–water partition coefficient (Wildman–Crippen LogP) is 1.78. The van der Waals surface area contributed by atoms with Crippen molar-refractivity contribution in [1.29, 1.82) is 0 Å². The average molecular weight is 308 g/mol. The largest absolute Gasteiger partial charge is 0.494 e. The quantitative estimate of drug-likeness (QED) is 0.884. The van der Waals surface area contributed by atoms with Crippen molar-refractivity contribution < 1.29 is 14.3 Å². The van der Waals surface area contributed by atoms with Crippen molar-refractivity contribution in [1.82, 2.24) is 10.3 Å². The molecule has 1 aromatic rings. The Labute approximate surface area is 130 Å². The standard InChI is InChI=1S/C15H24N4O3/c1-15(2,3)22-14(20)18-10-5-6-19(9-10)13-7-12(21-4)11(16)8-17-13/h7-8,10H,5-6,9,16H2,1-4H3,(H,18,20)/t10-/m0/s1. The van der Waals surface area contributed by atoms with Crippen molar-refractivity contribution in [2.45, 2.75) is 38.8 Å². The van der Waals surface area contributed by atoms with Crippen LogP contribution in [0.1, 0.15) is 27.2 Å². The zero-order valence-corrected chi connectivity index (χ0v) is 13.5. The molecular formula is C15H24N4O3. The van der Waals surface area contributed by atoms with E-state index in [0.29, 0.717) is 18.0 Å². The van der Waals surface area contributed by atoms with Crippen molar-refractivity contribution in [3.8, 4) is 5.75 Å². The van der Waals surface area contributed by atoms with E-state index < -0.39 is 5.60 Å². The monoisotopic (exact) mass is 308 g/mol. The zero-order chi connectivity index (χ0) is 16.3. The summed E-state index contributed by atoms with van der Waals surface area (Å²) in [6.07, 6.45) is 2.04. The Balaban J connectivity index is 1.94. The lowest BCUT2D eigenvalue weighted by molar-refractivity contribution is 0.0509. The van der Waals surface area contributed by atoms with Crippen molar-refractivity contribution >= 4 is 17.6 Å². The number of nitrogen functional groups attached to an aromatic ring is 1. The lowest BCUT2D eigenvalue weighted by Crippen LogP contribution is -2.40. The number of amides is 1. The molecule has 1 aromatic heterocycles. The third-order valence-electron chi connectivity index (χ3n) is 3.33. The number of carbonyl (C=O) groups is 1. The fourth-order valence-corrected chi connectivity index (χ4v) is 2.35. The van der Waals surface area contributed by atoms with Gasteiger partial charge in [-0.2, -0.15) is 0 Å². The number of carbonyl (C=O) groups excluding carboxylic acids is 1. The van der Waals surface area contributed by atoms with Gasteiger partial charge in [0.25, 0.3) is 0 Å². The van der Waals surface area contributed by atoms with Gasteiger partial charge in [0.15, 0.2) is 0 Å². The highest BCUT2D eigenvalue weighted by atomic mass is 16.6. The molecule has 3 N–H and O–H groups in total. The van der Waals surface area contributed by atoms with Gasteiger partial charge in [0.2, 0.25) is 0 Å². The van der Waals surface area contributed by atoms with Gasteiger partial charge >= 0.3 is 6.09 Å². The Morgan fingerprint density at radius 2 is 2.23 bits per heavy atom. The van der Waals surface area contributed by atoms with Crippen LogP contribution in [0, 0.1) is 0 Å². The highest BCUT2D eigenvalue weighted by Gasteiger charge is 2.27. The molecule has 1 aliphatic rings. The fraction of sp³-hybridized carbons (Fsp3) is 0.600. The molecule has 0 saturated carbocycles. The maximum Gasteiger partial charge on any atom is 0.407 e. The summed E-state index contributed by atoms with van der Waals surface area (Å²) in [5.41, 5.74) is 5.79. The van der Waals surface area contributed by atoms with Crippen LogP contribution in [0.3, 0.4) is 0 Å². The molecule has 1 aliphatic heterocycles. The molecule has 1 atom stereocenters. The minimum Gasteiger partial charge on any atom is -0.494 e. The lowest BCUT2D eigenvalue weighted by atomic mass is 10.2. The Kier molecular flexibility index (Phi) is 4.63. The first-order valence-electron chi connectivity index (χ1n) is 7.32. The van der Waals surface area contributed by atoms with E-state index in [1.54, 1.807) is 13.3 Å². The molecule has 7 nitrogen and oxygen atoms in total.